The highest BCUT2D eigenvalue weighted by atomic mass is 16.5. The van der Waals surface area contributed by atoms with Crippen molar-refractivity contribution in [2.45, 2.75) is 73.1 Å². The molecule has 0 aliphatic heterocycles. The molecule has 0 atom stereocenters. The van der Waals surface area contributed by atoms with Gasteiger partial charge in [0.15, 0.2) is 0 Å². The van der Waals surface area contributed by atoms with Crippen LogP contribution < -0.4 is 4.74 Å². The van der Waals surface area contributed by atoms with Crippen LogP contribution in [0.2, 0.25) is 0 Å². The van der Waals surface area contributed by atoms with Gasteiger partial charge in [0.25, 0.3) is 0 Å². The zero-order valence-electron chi connectivity index (χ0n) is 28.8. The molecule has 0 aliphatic carbocycles. The van der Waals surface area contributed by atoms with Crippen LogP contribution in [0.4, 0.5) is 0 Å². The first-order chi connectivity index (χ1) is 23.4. The van der Waals surface area contributed by atoms with Crippen molar-refractivity contribution in [2.75, 3.05) is 0 Å². The number of unbranched alkanes of at least 4 members (excludes halogenated alkanes) is 2. The van der Waals surface area contributed by atoms with Gasteiger partial charge in [-0.05, 0) is 117 Å². The number of aryl methyl sites for hydroxylation is 4. The molecule has 7 rings (SSSR count). The van der Waals surface area contributed by atoms with Gasteiger partial charge in [-0.15, -0.1) is 0 Å². The van der Waals surface area contributed by atoms with Crippen LogP contribution in [0.15, 0.2) is 103 Å². The van der Waals surface area contributed by atoms with Gasteiger partial charge in [0.05, 0.1) is 22.4 Å². The number of rotatable bonds is 11. The number of nitrogens with zero attached hydrogens (tertiary/aromatic N) is 4. The van der Waals surface area contributed by atoms with E-state index >= 15 is 0 Å². The minimum absolute atomic E-state index is 0.794. The topological polar surface area (TPSA) is 44.9 Å². The molecule has 242 valence electrons. The summed E-state index contributed by atoms with van der Waals surface area (Å²) in [6.45, 7) is 10.8. The molecule has 5 heteroatoms. The van der Waals surface area contributed by atoms with Gasteiger partial charge in [-0.25, -0.2) is 9.67 Å². The normalized spacial score (nSPS) is 11.5. The summed E-state index contributed by atoms with van der Waals surface area (Å²) < 4.78 is 11.1. The standard InChI is InChI=1S/C43H44N4O/c1-6-8-13-32-17-20-40-39(26-32)38-19-18-36(28-41(38)46(40)42-23-29(3)21-22-44-42)48-37-25-33(14-9-7-2)24-35(27-37)47-31(5)43(30(4)45-47)34-15-11-10-12-16-34/h10-12,15-28H,6-9,13-14H2,1-5H3. The molecule has 0 fully saturated rings. The molecule has 7 aromatic rings. The highest BCUT2D eigenvalue weighted by Gasteiger charge is 2.18. The van der Waals surface area contributed by atoms with Crippen molar-refractivity contribution in [3.8, 4) is 34.1 Å². The molecule has 0 radical (unpaired) electrons. The molecule has 0 bridgehead atoms. The molecule has 0 saturated carbocycles. The fraction of sp³-hybridized carbons (Fsp3) is 0.256. The van der Waals surface area contributed by atoms with E-state index in [1.54, 1.807) is 0 Å². The minimum atomic E-state index is 0.794. The number of pyridine rings is 1. The van der Waals surface area contributed by atoms with Gasteiger partial charge in [0.1, 0.15) is 17.3 Å². The van der Waals surface area contributed by atoms with Crippen molar-refractivity contribution < 1.29 is 4.74 Å². The van der Waals surface area contributed by atoms with Crippen LogP contribution in [0.3, 0.4) is 0 Å². The molecule has 3 aromatic heterocycles. The largest absolute Gasteiger partial charge is 0.457 e. The summed E-state index contributed by atoms with van der Waals surface area (Å²) >= 11 is 0. The monoisotopic (exact) mass is 632 g/mol. The van der Waals surface area contributed by atoms with Crippen LogP contribution in [0.25, 0.3) is 44.4 Å². The van der Waals surface area contributed by atoms with Crippen molar-refractivity contribution in [2.24, 2.45) is 0 Å². The summed E-state index contributed by atoms with van der Waals surface area (Å²) in [6.07, 6.45) is 8.58. The van der Waals surface area contributed by atoms with E-state index in [0.717, 1.165) is 71.1 Å². The second-order valence-corrected chi connectivity index (χ2v) is 13.0. The molecule has 5 nitrogen and oxygen atoms in total. The zero-order chi connectivity index (χ0) is 33.2. The number of aromatic nitrogens is 4. The lowest BCUT2D eigenvalue weighted by atomic mass is 10.0. The van der Waals surface area contributed by atoms with E-state index in [2.05, 4.69) is 135 Å². The van der Waals surface area contributed by atoms with Crippen molar-refractivity contribution in [3.05, 3.63) is 131 Å². The Kier molecular flexibility index (Phi) is 8.86. The second kappa shape index (κ2) is 13.5. The lowest BCUT2D eigenvalue weighted by Crippen LogP contribution is -2.02. The maximum Gasteiger partial charge on any atom is 0.137 e. The van der Waals surface area contributed by atoms with Crippen molar-refractivity contribution >= 4 is 21.8 Å². The van der Waals surface area contributed by atoms with Gasteiger partial charge in [-0.3, -0.25) is 4.57 Å². The van der Waals surface area contributed by atoms with E-state index < -0.39 is 0 Å². The average Bonchev–Trinajstić information content (AvgIpc) is 3.58. The lowest BCUT2D eigenvalue weighted by molar-refractivity contribution is 0.482. The number of hydrogen-bond acceptors (Lipinski definition) is 3. The fourth-order valence-electron chi connectivity index (χ4n) is 6.94. The van der Waals surface area contributed by atoms with E-state index in [4.69, 9.17) is 14.8 Å². The number of fused-ring (bicyclic) bond motifs is 3. The quantitative estimate of drug-likeness (QED) is 0.143. The number of hydrogen-bond donors (Lipinski definition) is 0. The van der Waals surface area contributed by atoms with Crippen molar-refractivity contribution in [3.63, 3.8) is 0 Å². The summed E-state index contributed by atoms with van der Waals surface area (Å²) in [5, 5.41) is 7.47. The molecule has 0 spiro atoms. The Morgan fingerprint density at radius 2 is 1.46 bits per heavy atom. The van der Waals surface area contributed by atoms with E-state index in [0.29, 0.717) is 0 Å². The van der Waals surface area contributed by atoms with Gasteiger partial charge in [-0.1, -0.05) is 63.1 Å². The molecule has 48 heavy (non-hydrogen) atoms. The summed E-state index contributed by atoms with van der Waals surface area (Å²) in [5.41, 5.74) is 11.5. The summed E-state index contributed by atoms with van der Waals surface area (Å²) in [7, 11) is 0. The molecule has 0 saturated heterocycles. The Bertz CT molecular complexity index is 2220. The van der Waals surface area contributed by atoms with E-state index in [1.165, 1.54) is 51.4 Å². The van der Waals surface area contributed by atoms with Gasteiger partial charge in [0.2, 0.25) is 0 Å². The molecular formula is C43H44N4O. The molecule has 3 heterocycles. The SMILES string of the molecule is CCCCc1cc(Oc2ccc3c4cc(CCCC)ccc4n(-c4cc(C)ccn4)c3c2)cc(-n2nc(C)c(-c3ccccc3)c2C)c1. The third kappa shape index (κ3) is 6.13. The van der Waals surface area contributed by atoms with E-state index in [-0.39, 0.29) is 0 Å². The average molecular weight is 633 g/mol. The molecular weight excluding hydrogens is 589 g/mol. The van der Waals surface area contributed by atoms with Gasteiger partial charge >= 0.3 is 0 Å². The van der Waals surface area contributed by atoms with Gasteiger partial charge in [-0.2, -0.15) is 5.10 Å². The Labute approximate surface area is 283 Å². The summed E-state index contributed by atoms with van der Waals surface area (Å²) in [6, 6.07) is 34.7. The summed E-state index contributed by atoms with van der Waals surface area (Å²) in [5.74, 6) is 2.52. The first-order valence-electron chi connectivity index (χ1n) is 17.4. The minimum Gasteiger partial charge on any atom is -0.457 e. The molecule has 0 unspecified atom stereocenters. The third-order valence-corrected chi connectivity index (χ3v) is 9.36. The fourth-order valence-corrected chi connectivity index (χ4v) is 6.94. The smallest absolute Gasteiger partial charge is 0.137 e. The van der Waals surface area contributed by atoms with Crippen LogP contribution in [0.1, 0.15) is 67.6 Å². The Hall–Kier alpha value is -5.16. The molecule has 0 aliphatic rings. The van der Waals surface area contributed by atoms with Gasteiger partial charge in [0, 0.05) is 40.4 Å². The van der Waals surface area contributed by atoms with Crippen LogP contribution in [-0.4, -0.2) is 19.3 Å². The van der Waals surface area contributed by atoms with E-state index in [9.17, 15) is 0 Å². The second-order valence-electron chi connectivity index (χ2n) is 13.0. The highest BCUT2D eigenvalue weighted by molar-refractivity contribution is 6.09. The van der Waals surface area contributed by atoms with Crippen LogP contribution in [-0.2, 0) is 12.8 Å². The first kappa shape index (κ1) is 31.4. The zero-order valence-corrected chi connectivity index (χ0v) is 28.8. The van der Waals surface area contributed by atoms with Crippen LogP contribution in [0, 0.1) is 20.8 Å². The number of ether oxygens (including phenoxy) is 1. The Morgan fingerprint density at radius 1 is 0.667 bits per heavy atom. The molecule has 0 N–H and O–H groups in total. The Morgan fingerprint density at radius 3 is 2.23 bits per heavy atom. The van der Waals surface area contributed by atoms with Crippen LogP contribution >= 0.6 is 0 Å². The predicted molar refractivity (Wildman–Crippen MR) is 199 cm³/mol. The third-order valence-electron chi connectivity index (χ3n) is 9.36. The molecule has 0 amide bonds. The maximum atomic E-state index is 6.74. The highest BCUT2D eigenvalue weighted by Crippen LogP contribution is 2.37. The maximum absolute atomic E-state index is 6.74. The lowest BCUT2D eigenvalue weighted by Gasteiger charge is -2.13. The molecule has 4 aromatic carbocycles. The van der Waals surface area contributed by atoms with Gasteiger partial charge < -0.3 is 4.74 Å². The number of benzene rings is 4. The van der Waals surface area contributed by atoms with E-state index in [1.807, 2.05) is 12.3 Å². The Balaban J connectivity index is 1.33. The van der Waals surface area contributed by atoms with Crippen molar-refractivity contribution in [1.29, 1.82) is 0 Å². The van der Waals surface area contributed by atoms with Crippen LogP contribution in [0.5, 0.6) is 11.5 Å². The predicted octanol–water partition coefficient (Wildman–Crippen LogP) is 11.4. The first-order valence-corrected chi connectivity index (χ1v) is 17.4. The van der Waals surface area contributed by atoms with Crippen molar-refractivity contribution in [1.82, 2.24) is 19.3 Å². The summed E-state index contributed by atoms with van der Waals surface area (Å²) in [4.78, 5) is 4.80.